The highest BCUT2D eigenvalue weighted by Crippen LogP contribution is 2.39. The van der Waals surface area contributed by atoms with Crippen molar-refractivity contribution in [1.82, 2.24) is 5.16 Å². The maximum atomic E-state index is 11.3. The minimum Gasteiger partial charge on any atom is -0.354 e. The Bertz CT molecular complexity index is 860. The summed E-state index contributed by atoms with van der Waals surface area (Å²) in [6, 6.07) is 18.2. The second-order valence-electron chi connectivity index (χ2n) is 5.83. The van der Waals surface area contributed by atoms with Crippen LogP contribution in [0.2, 0.25) is 0 Å². The second-order valence-corrected chi connectivity index (χ2v) is 7.11. The summed E-state index contributed by atoms with van der Waals surface area (Å²) in [7, 11) is 0. The molecule has 0 bridgehead atoms. The molecule has 128 valence electrons. The lowest BCUT2D eigenvalue weighted by Gasteiger charge is -2.16. The zero-order valence-corrected chi connectivity index (χ0v) is 14.8. The van der Waals surface area contributed by atoms with E-state index in [-0.39, 0.29) is 10.9 Å². The average Bonchev–Trinajstić information content (AvgIpc) is 2.96. The van der Waals surface area contributed by atoms with Crippen LogP contribution in [0.5, 0.6) is 0 Å². The van der Waals surface area contributed by atoms with E-state index in [1.54, 1.807) is 18.7 Å². The molecule has 0 aliphatic heterocycles. The highest BCUT2D eigenvalue weighted by molar-refractivity contribution is 7.99. The minimum absolute atomic E-state index is 0.00551. The van der Waals surface area contributed by atoms with Crippen LogP contribution >= 0.6 is 11.8 Å². The van der Waals surface area contributed by atoms with Crippen molar-refractivity contribution in [2.24, 2.45) is 0 Å². The topological polar surface area (TPSA) is 69.2 Å². The van der Waals surface area contributed by atoms with Gasteiger partial charge < -0.3 is 4.52 Å². The van der Waals surface area contributed by atoms with Crippen molar-refractivity contribution in [3.63, 3.8) is 0 Å². The molecule has 0 radical (unpaired) electrons. The molecule has 0 aliphatic carbocycles. The van der Waals surface area contributed by atoms with E-state index < -0.39 is 4.92 Å². The van der Waals surface area contributed by atoms with Crippen LogP contribution in [0.4, 0.5) is 5.69 Å². The number of hydrogen-bond donors (Lipinski definition) is 0. The van der Waals surface area contributed by atoms with Crippen LogP contribution in [-0.4, -0.2) is 10.1 Å². The van der Waals surface area contributed by atoms with Crippen LogP contribution < -0.4 is 0 Å². The second kappa shape index (κ2) is 7.53. The van der Waals surface area contributed by atoms with Gasteiger partial charge in [-0.15, -0.1) is 11.8 Å². The smallest absolute Gasteiger partial charge is 0.334 e. The zero-order valence-electron chi connectivity index (χ0n) is 14.0. The van der Waals surface area contributed by atoms with E-state index >= 15 is 0 Å². The molecule has 1 heterocycles. The van der Waals surface area contributed by atoms with Gasteiger partial charge >= 0.3 is 5.69 Å². The molecule has 0 saturated carbocycles. The monoisotopic (exact) mass is 354 g/mol. The van der Waals surface area contributed by atoms with Gasteiger partial charge in [-0.1, -0.05) is 53.2 Å². The standard InChI is InChI=1S/C19H18N2O3S/c1-13-8-10-15(11-9-13)18(25-16-6-4-3-5-7-16)12-17-19(21(22)23)14(2)20-24-17/h3-11,18H,12H2,1-2H3/t18-/m0/s1. The molecule has 0 amide bonds. The number of aryl methyl sites for hydroxylation is 2. The molecular formula is C19H18N2O3S. The van der Waals surface area contributed by atoms with Crippen molar-refractivity contribution in [2.75, 3.05) is 0 Å². The summed E-state index contributed by atoms with van der Waals surface area (Å²) >= 11 is 1.66. The number of benzene rings is 2. The molecular weight excluding hydrogens is 336 g/mol. The number of nitro groups is 1. The van der Waals surface area contributed by atoms with Crippen LogP contribution in [0.3, 0.4) is 0 Å². The van der Waals surface area contributed by atoms with E-state index in [1.807, 2.05) is 49.4 Å². The van der Waals surface area contributed by atoms with E-state index in [9.17, 15) is 10.1 Å². The Balaban J connectivity index is 1.94. The first kappa shape index (κ1) is 17.2. The Hall–Kier alpha value is -2.60. The van der Waals surface area contributed by atoms with Crippen molar-refractivity contribution >= 4 is 17.4 Å². The first-order valence-electron chi connectivity index (χ1n) is 7.92. The van der Waals surface area contributed by atoms with Gasteiger partial charge in [-0.2, -0.15) is 0 Å². The SMILES string of the molecule is Cc1ccc([C@H](Cc2onc(C)c2[N+](=O)[O-])Sc2ccccc2)cc1. The van der Waals surface area contributed by atoms with Crippen molar-refractivity contribution in [1.29, 1.82) is 0 Å². The van der Waals surface area contributed by atoms with Gasteiger partial charge in [0.25, 0.3) is 0 Å². The fourth-order valence-corrected chi connectivity index (χ4v) is 3.79. The van der Waals surface area contributed by atoms with Crippen LogP contribution in [0.15, 0.2) is 64.0 Å². The summed E-state index contributed by atoms with van der Waals surface area (Å²) < 4.78 is 5.27. The Morgan fingerprint density at radius 2 is 1.80 bits per heavy atom. The predicted octanol–water partition coefficient (Wildman–Crippen LogP) is 5.28. The van der Waals surface area contributed by atoms with E-state index in [0.717, 1.165) is 10.5 Å². The lowest BCUT2D eigenvalue weighted by Crippen LogP contribution is -2.01. The molecule has 0 saturated heterocycles. The maximum Gasteiger partial charge on any atom is 0.334 e. The maximum absolute atomic E-state index is 11.3. The molecule has 1 atom stereocenters. The molecule has 5 nitrogen and oxygen atoms in total. The highest BCUT2D eigenvalue weighted by Gasteiger charge is 2.27. The van der Waals surface area contributed by atoms with Gasteiger partial charge in [0, 0.05) is 16.6 Å². The van der Waals surface area contributed by atoms with Crippen LogP contribution in [0.25, 0.3) is 0 Å². The first-order valence-corrected chi connectivity index (χ1v) is 8.80. The lowest BCUT2D eigenvalue weighted by molar-refractivity contribution is -0.386. The summed E-state index contributed by atoms with van der Waals surface area (Å²) in [6.07, 6.45) is 0.403. The molecule has 6 heteroatoms. The summed E-state index contributed by atoms with van der Waals surface area (Å²) in [5.74, 6) is 0.316. The normalized spacial score (nSPS) is 12.1. The largest absolute Gasteiger partial charge is 0.354 e. The van der Waals surface area contributed by atoms with Crippen molar-refractivity contribution in [3.8, 4) is 0 Å². The van der Waals surface area contributed by atoms with Gasteiger partial charge in [0.05, 0.1) is 4.92 Å². The Morgan fingerprint density at radius 3 is 2.44 bits per heavy atom. The van der Waals surface area contributed by atoms with E-state index in [4.69, 9.17) is 4.52 Å². The average molecular weight is 354 g/mol. The number of nitrogens with zero attached hydrogens (tertiary/aromatic N) is 2. The van der Waals surface area contributed by atoms with E-state index in [2.05, 4.69) is 17.3 Å². The number of rotatable bonds is 6. The van der Waals surface area contributed by atoms with Gasteiger partial charge in [0.1, 0.15) is 0 Å². The summed E-state index contributed by atoms with van der Waals surface area (Å²) in [5.41, 5.74) is 2.56. The molecule has 0 fully saturated rings. The van der Waals surface area contributed by atoms with Crippen LogP contribution in [-0.2, 0) is 6.42 Å². The van der Waals surface area contributed by atoms with E-state index in [0.29, 0.717) is 17.9 Å². The molecule has 2 aromatic carbocycles. The van der Waals surface area contributed by atoms with Gasteiger partial charge in [-0.25, -0.2) is 0 Å². The summed E-state index contributed by atoms with van der Waals surface area (Å²) in [4.78, 5) is 12.0. The van der Waals surface area contributed by atoms with Gasteiger partial charge in [-0.3, -0.25) is 10.1 Å². The quantitative estimate of drug-likeness (QED) is 0.342. The minimum atomic E-state index is -0.416. The van der Waals surface area contributed by atoms with E-state index in [1.165, 1.54) is 5.56 Å². The third-order valence-corrected chi connectivity index (χ3v) is 5.19. The number of aromatic nitrogens is 1. The number of thioether (sulfide) groups is 1. The van der Waals surface area contributed by atoms with Crippen molar-refractivity contribution in [3.05, 3.63) is 87.3 Å². The molecule has 3 rings (SSSR count). The molecule has 0 aliphatic rings. The molecule has 3 aromatic rings. The Morgan fingerprint density at radius 1 is 1.12 bits per heavy atom. The third-order valence-electron chi connectivity index (χ3n) is 3.92. The fraction of sp³-hybridized carbons (Fsp3) is 0.211. The van der Waals surface area contributed by atoms with Gasteiger partial charge in [0.2, 0.25) is 5.76 Å². The fourth-order valence-electron chi connectivity index (χ4n) is 2.62. The first-order chi connectivity index (χ1) is 12.0. The van der Waals surface area contributed by atoms with Crippen LogP contribution in [0.1, 0.15) is 27.8 Å². The van der Waals surface area contributed by atoms with Gasteiger partial charge in [-0.05, 0) is 31.5 Å². The molecule has 0 spiro atoms. The van der Waals surface area contributed by atoms with Crippen molar-refractivity contribution < 1.29 is 9.45 Å². The molecule has 0 unspecified atom stereocenters. The zero-order chi connectivity index (χ0) is 17.8. The summed E-state index contributed by atoms with van der Waals surface area (Å²) in [5, 5.41) is 15.1. The highest BCUT2D eigenvalue weighted by atomic mass is 32.2. The predicted molar refractivity (Wildman–Crippen MR) is 97.8 cm³/mol. The van der Waals surface area contributed by atoms with Gasteiger partial charge in [0.15, 0.2) is 5.69 Å². The summed E-state index contributed by atoms with van der Waals surface area (Å²) in [6.45, 7) is 3.63. The molecule has 1 aromatic heterocycles. The number of hydrogen-bond acceptors (Lipinski definition) is 5. The van der Waals surface area contributed by atoms with Crippen LogP contribution in [0, 0.1) is 24.0 Å². The molecule has 0 N–H and O–H groups in total. The molecule has 25 heavy (non-hydrogen) atoms. The Kier molecular flexibility index (Phi) is 5.19. The lowest BCUT2D eigenvalue weighted by atomic mass is 10.1. The van der Waals surface area contributed by atoms with Crippen molar-refractivity contribution in [2.45, 2.75) is 30.4 Å². The third kappa shape index (κ3) is 4.09. The Labute approximate surface area is 150 Å².